The Morgan fingerprint density at radius 3 is 2.33 bits per heavy atom. The van der Waals surface area contributed by atoms with E-state index < -0.39 is 65.7 Å². The van der Waals surface area contributed by atoms with Crippen LogP contribution >= 0.6 is 15.9 Å². The van der Waals surface area contributed by atoms with Gasteiger partial charge >= 0.3 is 0 Å². The quantitative estimate of drug-likeness (QED) is 0.566. The minimum absolute atomic E-state index is 0.0363. The SMILES string of the molecule is Cc1ccc(S(=O)(=O)N2CC(F)(F)C[C@H]2C(=O)N(C)C2CCC(F)(F)CC2)c(Br)c1. The second-order valence-electron chi connectivity index (χ2n) is 8.10. The lowest BCUT2D eigenvalue weighted by Crippen LogP contribution is -2.50. The summed E-state index contributed by atoms with van der Waals surface area (Å²) in [5.41, 5.74) is 0.772. The van der Waals surface area contributed by atoms with Crippen LogP contribution in [0.1, 0.15) is 37.7 Å². The molecule has 1 aromatic rings. The second kappa shape index (κ2) is 8.05. The number of carbonyl (C=O) groups is 1. The molecule has 2 aliphatic rings. The van der Waals surface area contributed by atoms with E-state index in [2.05, 4.69) is 15.9 Å². The van der Waals surface area contributed by atoms with Crippen molar-refractivity contribution in [3.05, 3.63) is 28.2 Å². The molecule has 3 rings (SSSR count). The average molecular weight is 515 g/mol. The van der Waals surface area contributed by atoms with Gasteiger partial charge in [0.25, 0.3) is 5.92 Å². The lowest BCUT2D eigenvalue weighted by atomic mass is 9.91. The van der Waals surface area contributed by atoms with Crippen LogP contribution in [0.4, 0.5) is 17.6 Å². The number of hydrogen-bond acceptors (Lipinski definition) is 3. The van der Waals surface area contributed by atoms with Crippen molar-refractivity contribution in [1.82, 2.24) is 9.21 Å². The van der Waals surface area contributed by atoms with Crippen LogP contribution in [0.2, 0.25) is 0 Å². The molecule has 2 fully saturated rings. The van der Waals surface area contributed by atoms with Crippen LogP contribution in [0.25, 0.3) is 0 Å². The molecule has 1 atom stereocenters. The van der Waals surface area contributed by atoms with Crippen molar-refractivity contribution in [3.8, 4) is 0 Å². The van der Waals surface area contributed by atoms with E-state index in [9.17, 15) is 30.8 Å². The summed E-state index contributed by atoms with van der Waals surface area (Å²) in [4.78, 5) is 14.0. The summed E-state index contributed by atoms with van der Waals surface area (Å²) < 4.78 is 82.4. The fourth-order valence-electron chi connectivity index (χ4n) is 4.02. The highest BCUT2D eigenvalue weighted by Gasteiger charge is 2.54. The number of nitrogens with zero attached hydrogens (tertiary/aromatic N) is 2. The van der Waals surface area contributed by atoms with Gasteiger partial charge in [0.15, 0.2) is 0 Å². The average Bonchev–Trinajstić information content (AvgIpc) is 2.96. The molecule has 1 amide bonds. The molecule has 0 aromatic heterocycles. The van der Waals surface area contributed by atoms with Crippen LogP contribution in [0.3, 0.4) is 0 Å². The molecule has 30 heavy (non-hydrogen) atoms. The summed E-state index contributed by atoms with van der Waals surface area (Å²) in [6.45, 7) is 0.642. The Balaban J connectivity index is 1.88. The van der Waals surface area contributed by atoms with E-state index in [1.807, 2.05) is 0 Å². The van der Waals surface area contributed by atoms with Crippen LogP contribution in [-0.2, 0) is 14.8 Å². The number of alkyl halides is 4. The summed E-state index contributed by atoms with van der Waals surface area (Å²) in [5, 5.41) is 0. The van der Waals surface area contributed by atoms with Crippen LogP contribution in [-0.4, -0.2) is 61.1 Å². The number of sulfonamides is 1. The Morgan fingerprint density at radius 1 is 1.17 bits per heavy atom. The molecule has 11 heteroatoms. The molecular weight excluding hydrogens is 492 g/mol. The third-order valence-corrected chi connectivity index (χ3v) is 8.60. The first-order valence-corrected chi connectivity index (χ1v) is 11.8. The second-order valence-corrected chi connectivity index (χ2v) is 10.8. The third-order valence-electron chi connectivity index (χ3n) is 5.77. The number of carbonyl (C=O) groups excluding carboxylic acids is 1. The molecule has 1 saturated heterocycles. The van der Waals surface area contributed by atoms with Gasteiger partial charge in [0.05, 0.1) is 11.4 Å². The summed E-state index contributed by atoms with van der Waals surface area (Å²) >= 11 is 3.16. The fourth-order valence-corrected chi connectivity index (χ4v) is 6.78. The molecule has 0 spiro atoms. The van der Waals surface area contributed by atoms with Gasteiger partial charge in [-0.25, -0.2) is 26.0 Å². The minimum Gasteiger partial charge on any atom is -0.341 e. The van der Waals surface area contributed by atoms with E-state index in [-0.39, 0.29) is 22.2 Å². The summed E-state index contributed by atoms with van der Waals surface area (Å²) in [6.07, 6.45) is -1.66. The monoisotopic (exact) mass is 514 g/mol. The lowest BCUT2D eigenvalue weighted by Gasteiger charge is -2.36. The molecule has 5 nitrogen and oxygen atoms in total. The number of halogens is 5. The van der Waals surface area contributed by atoms with Gasteiger partial charge in [-0.1, -0.05) is 6.07 Å². The topological polar surface area (TPSA) is 57.7 Å². The number of benzene rings is 1. The van der Waals surface area contributed by atoms with Gasteiger partial charge in [0.2, 0.25) is 21.9 Å². The van der Waals surface area contributed by atoms with Gasteiger partial charge in [-0.15, -0.1) is 0 Å². The summed E-state index contributed by atoms with van der Waals surface area (Å²) in [6, 6.07) is 2.26. The molecule has 1 heterocycles. The van der Waals surface area contributed by atoms with Gasteiger partial charge in [0.1, 0.15) is 6.04 Å². The van der Waals surface area contributed by atoms with E-state index in [4.69, 9.17) is 0 Å². The first-order chi connectivity index (χ1) is 13.7. The number of likely N-dealkylation sites (N-methyl/N-ethyl adjacent to an activating group) is 1. The van der Waals surface area contributed by atoms with E-state index in [1.54, 1.807) is 13.0 Å². The molecule has 1 aromatic carbocycles. The molecule has 0 radical (unpaired) electrons. The molecule has 0 bridgehead atoms. The van der Waals surface area contributed by atoms with Crippen LogP contribution in [0.15, 0.2) is 27.6 Å². The number of amides is 1. The highest BCUT2D eigenvalue weighted by atomic mass is 79.9. The van der Waals surface area contributed by atoms with Crippen LogP contribution in [0.5, 0.6) is 0 Å². The fraction of sp³-hybridized carbons (Fsp3) is 0.632. The van der Waals surface area contributed by atoms with Crippen LogP contribution < -0.4 is 0 Å². The van der Waals surface area contributed by atoms with Crippen molar-refractivity contribution in [2.75, 3.05) is 13.6 Å². The highest BCUT2D eigenvalue weighted by molar-refractivity contribution is 9.10. The summed E-state index contributed by atoms with van der Waals surface area (Å²) in [7, 11) is -3.03. The predicted octanol–water partition coefficient (Wildman–Crippen LogP) is 4.19. The van der Waals surface area contributed by atoms with Gasteiger partial charge in [-0.3, -0.25) is 4.79 Å². The van der Waals surface area contributed by atoms with Crippen molar-refractivity contribution < 1.29 is 30.8 Å². The maximum atomic E-state index is 14.2. The largest absolute Gasteiger partial charge is 0.341 e. The Hall–Kier alpha value is -1.20. The molecule has 1 aliphatic heterocycles. The zero-order valence-corrected chi connectivity index (χ0v) is 18.9. The van der Waals surface area contributed by atoms with Crippen molar-refractivity contribution in [2.24, 2.45) is 0 Å². The Kier molecular flexibility index (Phi) is 6.30. The molecule has 0 N–H and O–H groups in total. The van der Waals surface area contributed by atoms with Crippen molar-refractivity contribution in [1.29, 1.82) is 0 Å². The maximum Gasteiger partial charge on any atom is 0.263 e. The normalized spacial score (nSPS) is 24.7. The number of hydrogen-bond donors (Lipinski definition) is 0. The Morgan fingerprint density at radius 2 is 1.77 bits per heavy atom. The molecular formula is C19H23BrF4N2O3S. The molecule has 168 valence electrons. The molecule has 1 aliphatic carbocycles. The van der Waals surface area contributed by atoms with Crippen molar-refractivity contribution in [2.45, 2.75) is 67.9 Å². The van der Waals surface area contributed by atoms with Gasteiger partial charge in [-0.2, -0.15) is 4.31 Å². The van der Waals surface area contributed by atoms with E-state index in [1.165, 1.54) is 19.2 Å². The zero-order valence-electron chi connectivity index (χ0n) is 16.5. The maximum absolute atomic E-state index is 14.2. The first kappa shape index (κ1) is 23.5. The van der Waals surface area contributed by atoms with E-state index >= 15 is 0 Å². The molecule has 1 saturated carbocycles. The van der Waals surface area contributed by atoms with Crippen LogP contribution in [0, 0.1) is 6.92 Å². The number of aryl methyl sites for hydroxylation is 1. The third kappa shape index (κ3) is 4.67. The molecule has 0 unspecified atom stereocenters. The lowest BCUT2D eigenvalue weighted by molar-refractivity contribution is -0.138. The minimum atomic E-state index is -4.40. The smallest absolute Gasteiger partial charge is 0.263 e. The van der Waals surface area contributed by atoms with E-state index in [0.717, 1.165) is 10.5 Å². The zero-order chi connectivity index (χ0) is 22.5. The van der Waals surface area contributed by atoms with Gasteiger partial charge in [0, 0.05) is 36.8 Å². The first-order valence-electron chi connectivity index (χ1n) is 9.54. The van der Waals surface area contributed by atoms with Gasteiger partial charge in [-0.05, 0) is 53.4 Å². The number of rotatable bonds is 4. The van der Waals surface area contributed by atoms with Crippen molar-refractivity contribution in [3.63, 3.8) is 0 Å². The Bertz CT molecular complexity index is 932. The van der Waals surface area contributed by atoms with Gasteiger partial charge < -0.3 is 4.90 Å². The highest BCUT2D eigenvalue weighted by Crippen LogP contribution is 2.40. The standard InChI is InChI=1S/C19H23BrF4N2O3S/c1-12-3-4-16(14(20)9-12)30(28,29)26-11-19(23,24)10-15(26)17(27)25(2)13-5-7-18(21,22)8-6-13/h3-4,9,13,15H,5-8,10-11H2,1-2H3/t15-/m0/s1. The van der Waals surface area contributed by atoms with Crippen molar-refractivity contribution >= 4 is 31.9 Å². The summed E-state index contributed by atoms with van der Waals surface area (Å²) in [5.74, 6) is -6.96. The van der Waals surface area contributed by atoms with E-state index in [0.29, 0.717) is 4.31 Å². The Labute approximate surface area is 181 Å². The predicted molar refractivity (Wildman–Crippen MR) is 106 cm³/mol.